The monoisotopic (exact) mass is 264 g/mol. The van der Waals surface area contributed by atoms with E-state index in [1.54, 1.807) is 0 Å². The van der Waals surface area contributed by atoms with Crippen LogP contribution in [-0.2, 0) is 0 Å². The van der Waals surface area contributed by atoms with E-state index in [0.717, 1.165) is 23.5 Å². The summed E-state index contributed by atoms with van der Waals surface area (Å²) >= 11 is 0. The van der Waals surface area contributed by atoms with Crippen molar-refractivity contribution in [3.8, 4) is 5.75 Å². The Morgan fingerprint density at radius 2 is 1.74 bits per heavy atom. The van der Waals surface area contributed by atoms with E-state index in [-0.39, 0.29) is 11.0 Å². The average Bonchev–Trinajstić information content (AvgIpc) is 2.10. The molecule has 0 aromatic heterocycles. The molecule has 0 aliphatic carbocycles. The van der Waals surface area contributed by atoms with Gasteiger partial charge in [0.05, 0.1) is 6.61 Å². The zero-order valence-electron chi connectivity index (χ0n) is 13.1. The van der Waals surface area contributed by atoms with Crippen molar-refractivity contribution in [2.75, 3.05) is 17.7 Å². The van der Waals surface area contributed by atoms with Crippen molar-refractivity contribution in [1.29, 1.82) is 0 Å². The van der Waals surface area contributed by atoms with Crippen molar-refractivity contribution in [3.63, 3.8) is 0 Å². The Balaban J connectivity index is 2.86. The maximum absolute atomic E-state index is 5.92. The molecule has 1 aromatic rings. The van der Waals surface area contributed by atoms with Crippen LogP contribution in [-0.4, -0.2) is 12.1 Å². The Kier molecular flexibility index (Phi) is 4.72. The van der Waals surface area contributed by atoms with Gasteiger partial charge in [-0.2, -0.15) is 0 Å². The van der Waals surface area contributed by atoms with Crippen LogP contribution in [0.4, 0.5) is 11.4 Å². The Bertz CT molecular complexity index is 419. The van der Waals surface area contributed by atoms with Gasteiger partial charge in [-0.05, 0) is 38.7 Å². The van der Waals surface area contributed by atoms with Gasteiger partial charge < -0.3 is 15.8 Å². The van der Waals surface area contributed by atoms with Crippen molar-refractivity contribution in [3.05, 3.63) is 18.2 Å². The highest BCUT2D eigenvalue weighted by Gasteiger charge is 2.25. The molecular weight excluding hydrogens is 236 g/mol. The SMILES string of the molecule is CCOc1cc(N)cc(NC(C)(C)CC(C)(C)C)c1. The summed E-state index contributed by atoms with van der Waals surface area (Å²) in [6.07, 6.45) is 1.07. The van der Waals surface area contributed by atoms with Gasteiger partial charge in [0, 0.05) is 29.0 Å². The summed E-state index contributed by atoms with van der Waals surface area (Å²) in [6, 6.07) is 5.81. The van der Waals surface area contributed by atoms with Crippen LogP contribution in [0.3, 0.4) is 0 Å². The lowest BCUT2D eigenvalue weighted by Crippen LogP contribution is -2.35. The molecule has 3 N–H and O–H groups in total. The summed E-state index contributed by atoms with van der Waals surface area (Å²) in [5, 5.41) is 3.55. The fourth-order valence-electron chi connectivity index (χ4n) is 2.71. The summed E-state index contributed by atoms with van der Waals surface area (Å²) in [4.78, 5) is 0. The number of benzene rings is 1. The third-order valence-corrected chi connectivity index (χ3v) is 2.69. The molecule has 0 fully saturated rings. The second-order valence-electron chi connectivity index (χ2n) is 6.97. The number of nitrogen functional groups attached to an aromatic ring is 1. The summed E-state index contributed by atoms with van der Waals surface area (Å²) in [7, 11) is 0. The number of ether oxygens (including phenoxy) is 1. The van der Waals surface area contributed by atoms with E-state index in [1.807, 2.05) is 25.1 Å². The van der Waals surface area contributed by atoms with Crippen LogP contribution >= 0.6 is 0 Å². The summed E-state index contributed by atoms with van der Waals surface area (Å²) < 4.78 is 5.52. The number of nitrogens with one attached hydrogen (secondary N) is 1. The quantitative estimate of drug-likeness (QED) is 0.780. The molecular formula is C16H28N2O. The Hall–Kier alpha value is -1.38. The number of nitrogens with two attached hydrogens (primary N) is 1. The van der Waals surface area contributed by atoms with Crippen LogP contribution in [0, 0.1) is 5.41 Å². The van der Waals surface area contributed by atoms with E-state index in [0.29, 0.717) is 6.61 Å². The molecule has 1 rings (SSSR count). The van der Waals surface area contributed by atoms with Gasteiger partial charge in [0.1, 0.15) is 5.75 Å². The van der Waals surface area contributed by atoms with Crippen molar-refractivity contribution in [2.24, 2.45) is 5.41 Å². The summed E-state index contributed by atoms with van der Waals surface area (Å²) in [5.41, 5.74) is 7.94. The van der Waals surface area contributed by atoms with Gasteiger partial charge in [0.2, 0.25) is 0 Å². The number of hydrogen-bond donors (Lipinski definition) is 2. The second-order valence-corrected chi connectivity index (χ2v) is 6.97. The largest absolute Gasteiger partial charge is 0.494 e. The standard InChI is InChI=1S/C16H28N2O/c1-7-19-14-9-12(17)8-13(10-14)18-16(5,6)11-15(2,3)4/h8-10,18H,7,11,17H2,1-6H3. The average molecular weight is 264 g/mol. The van der Waals surface area contributed by atoms with Crippen LogP contribution in [0.15, 0.2) is 18.2 Å². The molecule has 0 bridgehead atoms. The smallest absolute Gasteiger partial charge is 0.123 e. The molecule has 0 unspecified atom stereocenters. The van der Waals surface area contributed by atoms with E-state index < -0.39 is 0 Å². The Morgan fingerprint density at radius 3 is 2.26 bits per heavy atom. The maximum atomic E-state index is 5.92. The van der Waals surface area contributed by atoms with Crippen molar-refractivity contribution in [1.82, 2.24) is 0 Å². The number of anilines is 2. The predicted octanol–water partition coefficient (Wildman–Crippen LogP) is 4.29. The minimum Gasteiger partial charge on any atom is -0.494 e. The van der Waals surface area contributed by atoms with E-state index >= 15 is 0 Å². The Morgan fingerprint density at radius 1 is 1.11 bits per heavy atom. The maximum Gasteiger partial charge on any atom is 0.123 e. The minimum atomic E-state index is 0.00945. The first kappa shape index (κ1) is 15.7. The zero-order valence-corrected chi connectivity index (χ0v) is 13.1. The molecule has 0 heterocycles. The molecule has 1 aromatic carbocycles. The minimum absolute atomic E-state index is 0.00945. The van der Waals surface area contributed by atoms with Crippen LogP contribution < -0.4 is 15.8 Å². The van der Waals surface area contributed by atoms with Crippen LogP contribution in [0.1, 0.15) is 48.0 Å². The molecule has 0 saturated heterocycles. The van der Waals surface area contributed by atoms with E-state index in [2.05, 4.69) is 39.9 Å². The van der Waals surface area contributed by atoms with Gasteiger partial charge in [-0.25, -0.2) is 0 Å². The lowest BCUT2D eigenvalue weighted by molar-refractivity contribution is 0.302. The molecule has 0 amide bonds. The first-order valence-electron chi connectivity index (χ1n) is 6.93. The lowest BCUT2D eigenvalue weighted by Gasteiger charge is -2.34. The van der Waals surface area contributed by atoms with Crippen LogP contribution in [0.2, 0.25) is 0 Å². The van der Waals surface area contributed by atoms with Gasteiger partial charge >= 0.3 is 0 Å². The zero-order chi connectivity index (χ0) is 14.7. The fourth-order valence-corrected chi connectivity index (χ4v) is 2.71. The highest BCUT2D eigenvalue weighted by molar-refractivity contribution is 5.60. The molecule has 3 nitrogen and oxygen atoms in total. The first-order valence-corrected chi connectivity index (χ1v) is 6.93. The molecule has 0 radical (unpaired) electrons. The number of hydrogen-bond acceptors (Lipinski definition) is 3. The molecule has 3 heteroatoms. The van der Waals surface area contributed by atoms with Crippen molar-refractivity contribution < 1.29 is 4.74 Å². The van der Waals surface area contributed by atoms with E-state index in [4.69, 9.17) is 10.5 Å². The predicted molar refractivity (Wildman–Crippen MR) is 83.8 cm³/mol. The molecule has 0 aliphatic heterocycles. The molecule has 0 spiro atoms. The molecule has 108 valence electrons. The summed E-state index contributed by atoms with van der Waals surface area (Å²) in [6.45, 7) is 13.8. The number of rotatable bonds is 5. The molecule has 0 saturated carbocycles. The highest BCUT2D eigenvalue weighted by Crippen LogP contribution is 2.31. The van der Waals surface area contributed by atoms with E-state index in [1.165, 1.54) is 0 Å². The van der Waals surface area contributed by atoms with Crippen LogP contribution in [0.25, 0.3) is 0 Å². The normalized spacial score (nSPS) is 12.3. The second kappa shape index (κ2) is 5.72. The lowest BCUT2D eigenvalue weighted by atomic mass is 9.81. The highest BCUT2D eigenvalue weighted by atomic mass is 16.5. The van der Waals surface area contributed by atoms with Gasteiger partial charge in [-0.1, -0.05) is 20.8 Å². The molecule has 0 atom stereocenters. The fraction of sp³-hybridized carbons (Fsp3) is 0.625. The topological polar surface area (TPSA) is 47.3 Å². The van der Waals surface area contributed by atoms with Crippen molar-refractivity contribution in [2.45, 2.75) is 53.5 Å². The first-order chi connectivity index (χ1) is 8.61. The Labute approximate surface area is 117 Å². The van der Waals surface area contributed by atoms with Gasteiger partial charge in [0.25, 0.3) is 0 Å². The third-order valence-electron chi connectivity index (χ3n) is 2.69. The molecule has 19 heavy (non-hydrogen) atoms. The van der Waals surface area contributed by atoms with Crippen LogP contribution in [0.5, 0.6) is 5.75 Å². The van der Waals surface area contributed by atoms with Crippen molar-refractivity contribution >= 4 is 11.4 Å². The van der Waals surface area contributed by atoms with Gasteiger partial charge in [-0.15, -0.1) is 0 Å². The summed E-state index contributed by atoms with van der Waals surface area (Å²) in [5.74, 6) is 0.816. The molecule has 0 aliphatic rings. The van der Waals surface area contributed by atoms with Gasteiger partial charge in [-0.3, -0.25) is 0 Å². The van der Waals surface area contributed by atoms with Gasteiger partial charge in [0.15, 0.2) is 0 Å². The third kappa shape index (κ3) is 5.86. The van der Waals surface area contributed by atoms with E-state index in [9.17, 15) is 0 Å².